The molecule has 19 heavy (non-hydrogen) atoms. The summed E-state index contributed by atoms with van der Waals surface area (Å²) in [6.45, 7) is 2.66. The lowest BCUT2D eigenvalue weighted by Crippen LogP contribution is -2.19. The molecular formula is C16H23NO2. The van der Waals surface area contributed by atoms with Crippen LogP contribution in [0.25, 0.3) is 0 Å². The number of rotatable bonds is 5. The zero-order valence-electron chi connectivity index (χ0n) is 11.7. The zero-order valence-corrected chi connectivity index (χ0v) is 11.7. The first-order valence-electron chi connectivity index (χ1n) is 7.22. The summed E-state index contributed by atoms with van der Waals surface area (Å²) in [6, 6.07) is 6.10. The average molecular weight is 261 g/mol. The number of fused-ring (bicyclic) bond motifs is 1. The maximum absolute atomic E-state index is 11.7. The summed E-state index contributed by atoms with van der Waals surface area (Å²) in [5.41, 5.74) is 9.30. The first kappa shape index (κ1) is 13.9. The second kappa shape index (κ2) is 6.60. The van der Waals surface area contributed by atoms with E-state index in [9.17, 15) is 4.79 Å². The number of hydrogen-bond donors (Lipinski definition) is 1. The molecule has 1 aromatic rings. The number of aryl methyl sites for hydroxylation is 1. The van der Waals surface area contributed by atoms with Gasteiger partial charge in [0.2, 0.25) is 0 Å². The summed E-state index contributed by atoms with van der Waals surface area (Å²) in [6.07, 6.45) is 5.61. The molecule has 104 valence electrons. The van der Waals surface area contributed by atoms with Gasteiger partial charge in [0.1, 0.15) is 0 Å². The Morgan fingerprint density at radius 2 is 2.26 bits per heavy atom. The lowest BCUT2D eigenvalue weighted by atomic mass is 9.82. The molecule has 1 aromatic carbocycles. The van der Waals surface area contributed by atoms with Crippen LogP contribution in [0.3, 0.4) is 0 Å². The van der Waals surface area contributed by atoms with Crippen LogP contribution in [0.15, 0.2) is 18.2 Å². The Hall–Kier alpha value is -1.51. The third-order valence-corrected chi connectivity index (χ3v) is 3.78. The van der Waals surface area contributed by atoms with Gasteiger partial charge in [0.15, 0.2) is 0 Å². The molecule has 0 heterocycles. The highest BCUT2D eigenvalue weighted by molar-refractivity contribution is 5.69. The van der Waals surface area contributed by atoms with Crippen LogP contribution in [0, 0.1) is 5.92 Å². The topological polar surface area (TPSA) is 52.3 Å². The fraction of sp³-hybridized carbons (Fsp3) is 0.562. The number of benzene rings is 1. The van der Waals surface area contributed by atoms with Crippen LogP contribution < -0.4 is 5.73 Å². The molecule has 0 radical (unpaired) electrons. The Morgan fingerprint density at radius 1 is 1.42 bits per heavy atom. The minimum absolute atomic E-state index is 0.0441. The minimum Gasteiger partial charge on any atom is -0.466 e. The normalized spacial score (nSPS) is 17.8. The highest BCUT2D eigenvalue weighted by Crippen LogP contribution is 2.29. The van der Waals surface area contributed by atoms with Crippen LogP contribution in [-0.4, -0.2) is 12.6 Å². The van der Waals surface area contributed by atoms with Crippen molar-refractivity contribution in [3.8, 4) is 0 Å². The molecule has 0 amide bonds. The molecule has 1 atom stereocenters. The van der Waals surface area contributed by atoms with Crippen molar-refractivity contribution >= 4 is 11.7 Å². The summed E-state index contributed by atoms with van der Waals surface area (Å²) < 4.78 is 5.23. The molecule has 1 aliphatic carbocycles. The second-order valence-electron chi connectivity index (χ2n) is 5.42. The van der Waals surface area contributed by atoms with E-state index in [1.165, 1.54) is 11.1 Å². The third kappa shape index (κ3) is 3.98. The lowest BCUT2D eigenvalue weighted by molar-refractivity contribution is -0.145. The largest absolute Gasteiger partial charge is 0.466 e. The van der Waals surface area contributed by atoms with Gasteiger partial charge in [-0.3, -0.25) is 4.79 Å². The van der Waals surface area contributed by atoms with Crippen molar-refractivity contribution < 1.29 is 9.53 Å². The number of anilines is 1. The van der Waals surface area contributed by atoms with Gasteiger partial charge in [-0.15, -0.1) is 0 Å². The summed E-state index contributed by atoms with van der Waals surface area (Å²) in [7, 11) is 0. The molecule has 1 unspecified atom stereocenters. The second-order valence-corrected chi connectivity index (χ2v) is 5.42. The molecule has 2 N–H and O–H groups in total. The summed E-state index contributed by atoms with van der Waals surface area (Å²) in [4.78, 5) is 11.7. The maximum Gasteiger partial charge on any atom is 0.306 e. The Kier molecular flexibility index (Phi) is 4.83. The molecule has 3 nitrogen and oxygen atoms in total. The van der Waals surface area contributed by atoms with Gasteiger partial charge in [-0.1, -0.05) is 19.4 Å². The SMILES string of the molecule is CCCCOC(=O)CC1CCc2cc(N)ccc2C1. The maximum atomic E-state index is 11.7. The predicted molar refractivity (Wildman–Crippen MR) is 76.9 cm³/mol. The van der Waals surface area contributed by atoms with E-state index < -0.39 is 0 Å². The Morgan fingerprint density at radius 3 is 3.05 bits per heavy atom. The monoisotopic (exact) mass is 261 g/mol. The first-order chi connectivity index (χ1) is 9.19. The molecule has 0 aliphatic heterocycles. The molecular weight excluding hydrogens is 238 g/mol. The van der Waals surface area contributed by atoms with Crippen LogP contribution in [0.4, 0.5) is 5.69 Å². The molecule has 2 rings (SSSR count). The first-order valence-corrected chi connectivity index (χ1v) is 7.22. The van der Waals surface area contributed by atoms with Gasteiger partial charge in [0.05, 0.1) is 6.61 Å². The molecule has 0 bridgehead atoms. The summed E-state index contributed by atoms with van der Waals surface area (Å²) >= 11 is 0. The van der Waals surface area contributed by atoms with Gasteiger partial charge >= 0.3 is 5.97 Å². The number of nitrogens with two attached hydrogens (primary N) is 1. The molecule has 1 aliphatic rings. The van der Waals surface area contributed by atoms with Crippen molar-refractivity contribution in [1.82, 2.24) is 0 Å². The van der Waals surface area contributed by atoms with Crippen molar-refractivity contribution in [3.05, 3.63) is 29.3 Å². The van der Waals surface area contributed by atoms with Crippen LogP contribution in [0.1, 0.15) is 43.7 Å². The molecule has 0 spiro atoms. The minimum atomic E-state index is -0.0441. The van der Waals surface area contributed by atoms with E-state index in [1.54, 1.807) is 0 Å². The van der Waals surface area contributed by atoms with Crippen molar-refractivity contribution in [2.75, 3.05) is 12.3 Å². The fourth-order valence-corrected chi connectivity index (χ4v) is 2.65. The highest BCUT2D eigenvalue weighted by atomic mass is 16.5. The quantitative estimate of drug-likeness (QED) is 0.503. The van der Waals surface area contributed by atoms with Crippen molar-refractivity contribution in [2.24, 2.45) is 5.92 Å². The van der Waals surface area contributed by atoms with Crippen LogP contribution in [0.2, 0.25) is 0 Å². The number of esters is 1. The number of nitrogen functional groups attached to an aromatic ring is 1. The highest BCUT2D eigenvalue weighted by Gasteiger charge is 2.21. The standard InChI is InChI=1S/C16H23NO2/c1-2-3-8-19-16(18)10-12-4-5-14-11-15(17)7-6-13(14)9-12/h6-7,11-12H,2-5,8-10,17H2,1H3. The summed E-state index contributed by atoms with van der Waals surface area (Å²) in [5.74, 6) is 0.377. The van der Waals surface area contributed by atoms with Gasteiger partial charge in [0, 0.05) is 12.1 Å². The number of carbonyl (C=O) groups is 1. The van der Waals surface area contributed by atoms with Gasteiger partial charge in [0.25, 0.3) is 0 Å². The third-order valence-electron chi connectivity index (χ3n) is 3.78. The number of unbranched alkanes of at least 4 members (excludes halogenated alkanes) is 1. The van der Waals surface area contributed by atoms with E-state index in [0.29, 0.717) is 18.9 Å². The Labute approximate surface area is 115 Å². The van der Waals surface area contributed by atoms with Crippen molar-refractivity contribution in [3.63, 3.8) is 0 Å². The van der Waals surface area contributed by atoms with Crippen LogP contribution in [0.5, 0.6) is 0 Å². The van der Waals surface area contributed by atoms with Gasteiger partial charge in [-0.05, 0) is 54.9 Å². The van der Waals surface area contributed by atoms with Gasteiger partial charge < -0.3 is 10.5 Å². The molecule has 0 saturated heterocycles. The average Bonchev–Trinajstić information content (AvgIpc) is 2.39. The summed E-state index contributed by atoms with van der Waals surface area (Å²) in [5, 5.41) is 0. The molecule has 0 fully saturated rings. The van der Waals surface area contributed by atoms with E-state index >= 15 is 0 Å². The Balaban J connectivity index is 1.84. The number of carbonyl (C=O) groups excluding carboxylic acids is 1. The number of hydrogen-bond acceptors (Lipinski definition) is 3. The van der Waals surface area contributed by atoms with E-state index in [4.69, 9.17) is 10.5 Å². The van der Waals surface area contributed by atoms with Gasteiger partial charge in [-0.2, -0.15) is 0 Å². The smallest absolute Gasteiger partial charge is 0.306 e. The molecule has 3 heteroatoms. The lowest BCUT2D eigenvalue weighted by Gasteiger charge is -2.24. The van der Waals surface area contributed by atoms with Crippen molar-refractivity contribution in [2.45, 2.75) is 45.4 Å². The van der Waals surface area contributed by atoms with E-state index in [-0.39, 0.29) is 5.97 Å². The number of ether oxygens (including phenoxy) is 1. The zero-order chi connectivity index (χ0) is 13.7. The van der Waals surface area contributed by atoms with Gasteiger partial charge in [-0.25, -0.2) is 0 Å². The van der Waals surface area contributed by atoms with Crippen molar-refractivity contribution in [1.29, 1.82) is 0 Å². The predicted octanol–water partition coefficient (Wildman–Crippen LogP) is 3.11. The Bertz CT molecular complexity index is 442. The van der Waals surface area contributed by atoms with Crippen LogP contribution in [-0.2, 0) is 22.4 Å². The molecule has 0 saturated carbocycles. The van der Waals surface area contributed by atoms with Crippen LogP contribution >= 0.6 is 0 Å². The fourth-order valence-electron chi connectivity index (χ4n) is 2.65. The van der Waals surface area contributed by atoms with E-state index in [0.717, 1.165) is 37.8 Å². The molecule has 0 aromatic heterocycles. The van der Waals surface area contributed by atoms with E-state index in [1.807, 2.05) is 6.07 Å². The van der Waals surface area contributed by atoms with E-state index in [2.05, 4.69) is 19.1 Å².